The Hall–Kier alpha value is -2.16. The molecule has 88 valence electrons. The van der Waals surface area contributed by atoms with Crippen molar-refractivity contribution in [3.63, 3.8) is 0 Å². The van der Waals surface area contributed by atoms with E-state index in [0.29, 0.717) is 5.75 Å². The van der Waals surface area contributed by atoms with E-state index in [1.165, 1.54) is 11.1 Å². The maximum atomic E-state index is 8.86. The van der Waals surface area contributed by atoms with Gasteiger partial charge in [-0.1, -0.05) is 6.07 Å². The standard InChI is InChI=1S/C7H8O2.C7H6O/c1-9-7-4-2-3-6(8)5-7;1-8-7-3-5-2-6(5)4-7/h2-5,8H,1H3;2-4H,1H3. The van der Waals surface area contributed by atoms with Crippen LogP contribution < -0.4 is 9.47 Å². The highest BCUT2D eigenvalue weighted by Crippen LogP contribution is 2.39. The molecular weight excluding hydrogens is 216 g/mol. The summed E-state index contributed by atoms with van der Waals surface area (Å²) in [6, 6.07) is 12.9. The summed E-state index contributed by atoms with van der Waals surface area (Å²) in [6.07, 6.45) is 0. The van der Waals surface area contributed by atoms with Crippen LogP contribution in [-0.4, -0.2) is 19.3 Å². The van der Waals surface area contributed by atoms with E-state index in [1.54, 1.807) is 38.5 Å². The number of ether oxygens (including phenoxy) is 2. The monoisotopic (exact) mass is 230 g/mol. The lowest BCUT2D eigenvalue weighted by molar-refractivity contribution is 0.407. The van der Waals surface area contributed by atoms with Gasteiger partial charge in [-0.3, -0.25) is 0 Å². The minimum Gasteiger partial charge on any atom is -0.508 e. The fourth-order valence-electron chi connectivity index (χ4n) is 1.46. The maximum absolute atomic E-state index is 8.86. The smallest absolute Gasteiger partial charge is 0.122 e. The number of hydrogen-bond acceptors (Lipinski definition) is 3. The molecule has 2 aliphatic carbocycles. The van der Waals surface area contributed by atoms with Crippen LogP contribution in [0.3, 0.4) is 0 Å². The summed E-state index contributed by atoms with van der Waals surface area (Å²) >= 11 is 0. The molecule has 1 aromatic carbocycles. The molecule has 3 heteroatoms. The molecule has 0 radical (unpaired) electrons. The summed E-state index contributed by atoms with van der Waals surface area (Å²) in [5, 5.41) is 8.86. The molecular formula is C14H14O3. The van der Waals surface area contributed by atoms with E-state index in [4.69, 9.17) is 14.6 Å². The van der Waals surface area contributed by atoms with Gasteiger partial charge in [-0.25, -0.2) is 0 Å². The Morgan fingerprint density at radius 2 is 1.47 bits per heavy atom. The molecule has 3 nitrogen and oxygen atoms in total. The molecule has 0 spiro atoms. The number of phenols is 1. The fraction of sp³-hybridized carbons (Fsp3) is 0.143. The minimum atomic E-state index is 0.231. The summed E-state index contributed by atoms with van der Waals surface area (Å²) < 4.78 is 9.79. The van der Waals surface area contributed by atoms with Crippen molar-refractivity contribution in [2.75, 3.05) is 14.2 Å². The van der Waals surface area contributed by atoms with Crippen LogP contribution in [-0.2, 0) is 0 Å². The molecule has 0 atom stereocenters. The van der Waals surface area contributed by atoms with Gasteiger partial charge in [0.2, 0.25) is 0 Å². The second-order valence-corrected chi connectivity index (χ2v) is 3.65. The second-order valence-electron chi connectivity index (χ2n) is 3.65. The highest BCUT2D eigenvalue weighted by atomic mass is 16.5. The van der Waals surface area contributed by atoms with Crippen LogP contribution in [0.5, 0.6) is 17.2 Å². The number of phenolic OH excluding ortho intramolecular Hbond substituents is 1. The Morgan fingerprint density at radius 3 is 1.88 bits per heavy atom. The van der Waals surface area contributed by atoms with E-state index >= 15 is 0 Å². The summed E-state index contributed by atoms with van der Waals surface area (Å²) in [4.78, 5) is 0. The molecule has 0 aliphatic heterocycles. The third-order valence-electron chi connectivity index (χ3n) is 2.45. The van der Waals surface area contributed by atoms with Gasteiger partial charge in [0.1, 0.15) is 17.2 Å². The number of aromatic hydroxyl groups is 1. The van der Waals surface area contributed by atoms with Gasteiger partial charge in [0.15, 0.2) is 0 Å². The van der Waals surface area contributed by atoms with E-state index < -0.39 is 0 Å². The first-order valence-corrected chi connectivity index (χ1v) is 5.25. The van der Waals surface area contributed by atoms with Crippen LogP contribution in [0.4, 0.5) is 0 Å². The van der Waals surface area contributed by atoms with Gasteiger partial charge >= 0.3 is 0 Å². The Labute approximate surface area is 100 Å². The first kappa shape index (κ1) is 11.3. The molecule has 2 aliphatic rings. The van der Waals surface area contributed by atoms with E-state index in [9.17, 15) is 0 Å². The topological polar surface area (TPSA) is 38.7 Å². The normalized spacial score (nSPS) is 10.0. The van der Waals surface area contributed by atoms with Crippen LogP contribution in [0.15, 0.2) is 42.5 Å². The molecule has 0 amide bonds. The summed E-state index contributed by atoms with van der Waals surface area (Å²) in [5.74, 6) is 1.89. The van der Waals surface area contributed by atoms with Gasteiger partial charge < -0.3 is 14.6 Å². The van der Waals surface area contributed by atoms with E-state index in [-0.39, 0.29) is 5.75 Å². The number of rotatable bonds is 2. The van der Waals surface area contributed by atoms with Crippen molar-refractivity contribution in [3.05, 3.63) is 42.5 Å². The zero-order chi connectivity index (χ0) is 12.3. The van der Waals surface area contributed by atoms with Crippen molar-refractivity contribution in [1.29, 1.82) is 0 Å². The Morgan fingerprint density at radius 1 is 0.824 bits per heavy atom. The molecule has 0 unspecified atom stereocenters. The second kappa shape index (κ2) is 4.78. The molecule has 3 rings (SSSR count). The molecule has 17 heavy (non-hydrogen) atoms. The number of hydrogen-bond donors (Lipinski definition) is 1. The van der Waals surface area contributed by atoms with Gasteiger partial charge in [-0.05, 0) is 41.5 Å². The van der Waals surface area contributed by atoms with Gasteiger partial charge in [-0.2, -0.15) is 0 Å². The quantitative estimate of drug-likeness (QED) is 0.735. The van der Waals surface area contributed by atoms with E-state index in [2.05, 4.69) is 6.07 Å². The largest absolute Gasteiger partial charge is 0.508 e. The molecule has 1 aromatic rings. The molecule has 0 saturated heterocycles. The van der Waals surface area contributed by atoms with Crippen LogP contribution in [0.2, 0.25) is 0 Å². The Bertz CT molecular complexity index is 500. The lowest BCUT2D eigenvalue weighted by Crippen LogP contribution is -1.79. The maximum Gasteiger partial charge on any atom is 0.122 e. The third-order valence-corrected chi connectivity index (χ3v) is 2.45. The highest BCUT2D eigenvalue weighted by Gasteiger charge is 2.13. The van der Waals surface area contributed by atoms with Gasteiger partial charge in [0.25, 0.3) is 0 Å². The average molecular weight is 230 g/mol. The molecule has 1 N–H and O–H groups in total. The predicted molar refractivity (Wildman–Crippen MR) is 66.6 cm³/mol. The molecule has 0 fully saturated rings. The third kappa shape index (κ3) is 2.91. The average Bonchev–Trinajstić information content (AvgIpc) is 2.97. The van der Waals surface area contributed by atoms with Crippen molar-refractivity contribution in [2.24, 2.45) is 0 Å². The summed E-state index contributed by atoms with van der Waals surface area (Å²) in [7, 11) is 3.25. The van der Waals surface area contributed by atoms with Gasteiger partial charge in [-0.15, -0.1) is 0 Å². The molecule has 0 aromatic heterocycles. The minimum absolute atomic E-state index is 0.231. The Kier molecular flexibility index (Phi) is 3.19. The first-order valence-electron chi connectivity index (χ1n) is 5.25. The summed E-state index contributed by atoms with van der Waals surface area (Å²) in [6.45, 7) is 0. The van der Waals surface area contributed by atoms with Crippen molar-refractivity contribution in [3.8, 4) is 28.4 Å². The molecule has 0 heterocycles. The zero-order valence-electron chi connectivity index (χ0n) is 9.81. The van der Waals surface area contributed by atoms with E-state index in [0.717, 1.165) is 5.75 Å². The number of fused-ring (bicyclic) bond motifs is 1. The van der Waals surface area contributed by atoms with Crippen LogP contribution in [0, 0.1) is 0 Å². The zero-order valence-corrected chi connectivity index (χ0v) is 9.81. The molecule has 0 saturated carbocycles. The predicted octanol–water partition coefficient (Wildman–Crippen LogP) is 3.08. The van der Waals surface area contributed by atoms with Crippen LogP contribution >= 0.6 is 0 Å². The van der Waals surface area contributed by atoms with Crippen molar-refractivity contribution < 1.29 is 14.6 Å². The number of methoxy groups -OCH3 is 2. The number of benzene rings is 2. The van der Waals surface area contributed by atoms with Crippen LogP contribution in [0.25, 0.3) is 11.1 Å². The lowest BCUT2D eigenvalue weighted by Gasteiger charge is -1.97. The highest BCUT2D eigenvalue weighted by molar-refractivity contribution is 5.83. The van der Waals surface area contributed by atoms with Crippen molar-refractivity contribution in [2.45, 2.75) is 0 Å². The lowest BCUT2D eigenvalue weighted by atomic mass is 10.3. The fourth-order valence-corrected chi connectivity index (χ4v) is 1.46. The van der Waals surface area contributed by atoms with Crippen molar-refractivity contribution in [1.82, 2.24) is 0 Å². The Balaban J connectivity index is 0.000000127. The van der Waals surface area contributed by atoms with Crippen molar-refractivity contribution >= 4 is 0 Å². The van der Waals surface area contributed by atoms with Gasteiger partial charge in [0, 0.05) is 6.07 Å². The SMILES string of the molecule is COc1cc2cc-2c1.COc1cccc(O)c1. The first-order chi connectivity index (χ1) is 8.22. The molecule has 0 bridgehead atoms. The summed E-state index contributed by atoms with van der Waals surface area (Å²) in [5.41, 5.74) is 2.67. The van der Waals surface area contributed by atoms with E-state index in [1.807, 2.05) is 12.1 Å². The van der Waals surface area contributed by atoms with Gasteiger partial charge in [0.05, 0.1) is 14.2 Å². The van der Waals surface area contributed by atoms with Crippen LogP contribution in [0.1, 0.15) is 0 Å².